The first-order chi connectivity index (χ1) is 6.04. The molecule has 0 heterocycles. The van der Waals surface area contributed by atoms with Gasteiger partial charge in [0, 0.05) is 20.7 Å². The third-order valence-corrected chi connectivity index (χ3v) is 0.957. The molecule has 0 fully saturated rings. The number of ketones is 1. The summed E-state index contributed by atoms with van der Waals surface area (Å²) in [6, 6.07) is 0. The second-order valence-electron chi connectivity index (χ2n) is 2.79. The lowest BCUT2D eigenvalue weighted by molar-refractivity contribution is -0.121. The Morgan fingerprint density at radius 1 is 1.46 bits per heavy atom. The second kappa shape index (κ2) is 11.2. The molecule has 13 heavy (non-hydrogen) atoms. The molecule has 78 valence electrons. The highest BCUT2D eigenvalue weighted by Gasteiger charge is 1.86. The van der Waals surface area contributed by atoms with Crippen molar-refractivity contribution in [2.24, 2.45) is 0 Å². The van der Waals surface area contributed by atoms with E-state index in [2.05, 4.69) is 0 Å². The van der Waals surface area contributed by atoms with Crippen molar-refractivity contribution in [1.82, 2.24) is 4.90 Å². The zero-order valence-electron chi connectivity index (χ0n) is 9.33. The van der Waals surface area contributed by atoms with Crippen molar-refractivity contribution in [1.29, 1.82) is 0 Å². The number of nitrogens with zero attached hydrogens (tertiary/aromatic N) is 1. The molecule has 0 aromatic heterocycles. The lowest BCUT2D eigenvalue weighted by Gasteiger charge is -1.99. The summed E-state index contributed by atoms with van der Waals surface area (Å²) in [7, 11) is 4.00. The fraction of sp³-hybridized carbons (Fsp3) is 0.700. The fourth-order valence-corrected chi connectivity index (χ4v) is 0.544. The Morgan fingerprint density at radius 2 is 2.00 bits per heavy atom. The number of rotatable bonds is 4. The molecule has 3 heteroatoms. The van der Waals surface area contributed by atoms with Gasteiger partial charge in [-0.15, -0.1) is 0 Å². The van der Waals surface area contributed by atoms with E-state index in [9.17, 15) is 4.79 Å². The van der Waals surface area contributed by atoms with Gasteiger partial charge < -0.3 is 9.64 Å². The molecule has 0 aromatic rings. The Hall–Kier alpha value is -0.830. The lowest BCUT2D eigenvalue weighted by atomic mass is 10.5. The molecule has 0 rings (SSSR count). The molecule has 0 N–H and O–H groups in total. The number of Topliss-reactive ketones (excluding diaryl/α,β-unsaturated/α-hetero) is 1. The molecule has 0 spiro atoms. The van der Waals surface area contributed by atoms with Crippen LogP contribution in [0.3, 0.4) is 0 Å². The normalized spacial score (nSPS) is 9.31. The number of ether oxygens (including phenoxy) is 1. The van der Waals surface area contributed by atoms with Gasteiger partial charge >= 0.3 is 0 Å². The van der Waals surface area contributed by atoms with Crippen molar-refractivity contribution in [3.05, 3.63) is 12.3 Å². The minimum atomic E-state index is 0.0850. The molecule has 0 aromatic carbocycles. The van der Waals surface area contributed by atoms with Crippen molar-refractivity contribution in [2.45, 2.75) is 20.8 Å². The number of hydrogen-bond acceptors (Lipinski definition) is 3. The van der Waals surface area contributed by atoms with Crippen molar-refractivity contribution in [3.63, 3.8) is 0 Å². The maximum absolute atomic E-state index is 10.1. The van der Waals surface area contributed by atoms with Gasteiger partial charge in [0.2, 0.25) is 0 Å². The molecule has 0 aliphatic heterocycles. The number of allylic oxidation sites excluding steroid dienone is 1. The van der Waals surface area contributed by atoms with E-state index in [1.54, 1.807) is 0 Å². The second-order valence-corrected chi connectivity index (χ2v) is 2.79. The van der Waals surface area contributed by atoms with E-state index in [4.69, 9.17) is 4.74 Å². The number of carbonyl (C=O) groups excluding carboxylic acids is 1. The minimum Gasteiger partial charge on any atom is -0.384 e. The van der Waals surface area contributed by atoms with E-state index >= 15 is 0 Å². The number of carbonyl (C=O) groups is 1. The summed E-state index contributed by atoms with van der Waals surface area (Å²) in [5.41, 5.74) is 0. The van der Waals surface area contributed by atoms with Crippen molar-refractivity contribution >= 4 is 5.78 Å². The lowest BCUT2D eigenvalue weighted by Crippen LogP contribution is -2.02. The van der Waals surface area contributed by atoms with Crippen LogP contribution in [0.2, 0.25) is 0 Å². The fourth-order valence-electron chi connectivity index (χ4n) is 0.544. The summed E-state index contributed by atoms with van der Waals surface area (Å²) < 4.78 is 4.75. The Balaban J connectivity index is 0. The molecule has 0 aliphatic rings. The third-order valence-electron chi connectivity index (χ3n) is 0.957. The Kier molecular flexibility index (Phi) is 12.6. The van der Waals surface area contributed by atoms with Crippen LogP contribution in [0.5, 0.6) is 0 Å². The van der Waals surface area contributed by atoms with Crippen LogP contribution in [0.4, 0.5) is 0 Å². The molecule has 0 amide bonds. The van der Waals surface area contributed by atoms with Crippen molar-refractivity contribution in [3.8, 4) is 0 Å². The summed E-state index contributed by atoms with van der Waals surface area (Å²) >= 11 is 0. The predicted octanol–water partition coefficient (Wildman–Crippen LogP) is 1.69. The summed E-state index contributed by atoms with van der Waals surface area (Å²) in [6.07, 6.45) is 4.00. The van der Waals surface area contributed by atoms with Gasteiger partial charge in [-0.05, 0) is 27.0 Å². The summed E-state index contributed by atoms with van der Waals surface area (Å²) in [5, 5.41) is 0. The highest BCUT2D eigenvalue weighted by Crippen LogP contribution is 1.72. The molecular formula is C10H21NO2. The molecule has 0 saturated heterocycles. The van der Waals surface area contributed by atoms with Gasteiger partial charge in [-0.2, -0.15) is 0 Å². The Morgan fingerprint density at radius 3 is 2.08 bits per heavy atom. The Bertz CT molecular complexity index is 142. The molecule has 3 nitrogen and oxygen atoms in total. The molecule has 0 bridgehead atoms. The molecular weight excluding hydrogens is 166 g/mol. The quantitative estimate of drug-likeness (QED) is 0.671. The summed E-state index contributed by atoms with van der Waals surface area (Å²) in [6.45, 7) is 6.26. The van der Waals surface area contributed by atoms with Gasteiger partial charge in [-0.3, -0.25) is 4.79 Å². The van der Waals surface area contributed by atoms with Crippen LogP contribution >= 0.6 is 0 Å². The summed E-state index contributed by atoms with van der Waals surface area (Å²) in [4.78, 5) is 12.1. The molecule has 0 atom stereocenters. The van der Waals surface area contributed by atoms with Gasteiger partial charge in [0.05, 0.1) is 0 Å². The minimum absolute atomic E-state index is 0.0850. The van der Waals surface area contributed by atoms with Crippen LogP contribution in [-0.2, 0) is 9.53 Å². The van der Waals surface area contributed by atoms with Crippen LogP contribution in [0.15, 0.2) is 12.3 Å². The predicted molar refractivity (Wildman–Crippen MR) is 55.7 cm³/mol. The number of hydrogen-bond donors (Lipinski definition) is 0. The highest BCUT2D eigenvalue weighted by molar-refractivity contribution is 5.76. The van der Waals surface area contributed by atoms with Gasteiger partial charge in [0.1, 0.15) is 6.61 Å². The molecule has 0 aliphatic carbocycles. The van der Waals surface area contributed by atoms with Gasteiger partial charge in [0.15, 0.2) is 5.78 Å². The first-order valence-electron chi connectivity index (χ1n) is 4.41. The van der Waals surface area contributed by atoms with E-state index in [1.165, 1.54) is 6.92 Å². The summed E-state index contributed by atoms with van der Waals surface area (Å²) in [5.74, 6) is 0.0850. The van der Waals surface area contributed by atoms with Crippen molar-refractivity contribution in [2.75, 3.05) is 27.3 Å². The van der Waals surface area contributed by atoms with E-state index in [1.807, 2.05) is 45.1 Å². The first kappa shape index (κ1) is 14.7. The SMILES string of the molecule is CC=CN(C)C.CCOCC(C)=O. The monoisotopic (exact) mass is 187 g/mol. The zero-order chi connectivity index (χ0) is 10.7. The largest absolute Gasteiger partial charge is 0.384 e. The van der Waals surface area contributed by atoms with Gasteiger partial charge in [-0.25, -0.2) is 0 Å². The van der Waals surface area contributed by atoms with Gasteiger partial charge in [0.25, 0.3) is 0 Å². The highest BCUT2D eigenvalue weighted by atomic mass is 16.5. The zero-order valence-corrected chi connectivity index (χ0v) is 9.33. The van der Waals surface area contributed by atoms with E-state index in [-0.39, 0.29) is 12.4 Å². The van der Waals surface area contributed by atoms with E-state index in [0.717, 1.165) is 0 Å². The van der Waals surface area contributed by atoms with E-state index < -0.39 is 0 Å². The van der Waals surface area contributed by atoms with Crippen LogP contribution in [0.25, 0.3) is 0 Å². The van der Waals surface area contributed by atoms with Crippen LogP contribution in [0.1, 0.15) is 20.8 Å². The maximum atomic E-state index is 10.1. The average Bonchev–Trinajstić information content (AvgIpc) is 2.01. The van der Waals surface area contributed by atoms with Crippen molar-refractivity contribution < 1.29 is 9.53 Å². The average molecular weight is 187 g/mol. The third kappa shape index (κ3) is 24.7. The maximum Gasteiger partial charge on any atom is 0.155 e. The van der Waals surface area contributed by atoms with Crippen LogP contribution in [0, 0.1) is 0 Å². The first-order valence-corrected chi connectivity index (χ1v) is 4.41. The van der Waals surface area contributed by atoms with Crippen LogP contribution < -0.4 is 0 Å². The van der Waals surface area contributed by atoms with Crippen LogP contribution in [-0.4, -0.2) is 38.0 Å². The Labute approximate surface area is 81.4 Å². The molecule has 0 saturated carbocycles. The smallest absolute Gasteiger partial charge is 0.155 e. The van der Waals surface area contributed by atoms with E-state index in [0.29, 0.717) is 6.61 Å². The topological polar surface area (TPSA) is 29.5 Å². The van der Waals surface area contributed by atoms with Gasteiger partial charge in [-0.1, -0.05) is 6.08 Å². The molecule has 0 radical (unpaired) electrons. The molecule has 0 unspecified atom stereocenters. The standard InChI is InChI=1S/C5H11N.C5H10O2/c1-4-5-6(2)3;1-3-7-4-5(2)6/h4-5H,1-3H3;3-4H2,1-2H3.